The summed E-state index contributed by atoms with van der Waals surface area (Å²) in [5.41, 5.74) is 0.577. The van der Waals surface area contributed by atoms with Crippen LogP contribution in [0.1, 0.15) is 24.4 Å². The minimum Gasteiger partial charge on any atom is -0.495 e. The molecule has 0 aliphatic carbocycles. The summed E-state index contributed by atoms with van der Waals surface area (Å²) < 4.78 is 16.7. The Hall–Kier alpha value is -2.89. The first-order valence-corrected chi connectivity index (χ1v) is 10.5. The molecule has 0 spiro atoms. The van der Waals surface area contributed by atoms with E-state index < -0.39 is 16.7 Å². The highest BCUT2D eigenvalue weighted by molar-refractivity contribution is 7.22. The van der Waals surface area contributed by atoms with E-state index in [1.54, 1.807) is 26.4 Å². The number of thiazole rings is 1. The maximum Gasteiger partial charge on any atom is 0.433 e. The summed E-state index contributed by atoms with van der Waals surface area (Å²) in [5.74, 6) is 0.0637. The Morgan fingerprint density at radius 2 is 1.78 bits per heavy atom. The van der Waals surface area contributed by atoms with Crippen molar-refractivity contribution in [1.82, 2.24) is 9.88 Å². The molecule has 174 valence electrons. The van der Waals surface area contributed by atoms with Crippen LogP contribution in [0.4, 0.5) is 11.0 Å². The number of nitrogens with zero attached hydrogens (tertiary/aromatic N) is 4. The first kappa shape index (κ1) is 25.4. The zero-order valence-corrected chi connectivity index (χ0v) is 19.8. The van der Waals surface area contributed by atoms with Crippen molar-refractivity contribution >= 4 is 50.9 Å². The van der Waals surface area contributed by atoms with E-state index in [4.69, 9.17) is 13.9 Å². The number of hydrogen-bond acceptors (Lipinski definition) is 9. The van der Waals surface area contributed by atoms with Gasteiger partial charge in [-0.2, -0.15) is 0 Å². The lowest BCUT2D eigenvalue weighted by Crippen LogP contribution is -2.38. The van der Waals surface area contributed by atoms with Gasteiger partial charge < -0.3 is 18.8 Å². The molecule has 12 heteroatoms. The van der Waals surface area contributed by atoms with E-state index in [1.807, 2.05) is 13.8 Å². The van der Waals surface area contributed by atoms with Gasteiger partial charge in [-0.3, -0.25) is 19.8 Å². The Morgan fingerprint density at radius 3 is 2.34 bits per heavy atom. The molecule has 0 saturated heterocycles. The van der Waals surface area contributed by atoms with Crippen LogP contribution in [0.5, 0.6) is 11.5 Å². The number of likely N-dealkylation sites (N-methyl/N-ethyl adjacent to an activating group) is 1. The van der Waals surface area contributed by atoms with Crippen molar-refractivity contribution < 1.29 is 23.6 Å². The number of hydrogen-bond donors (Lipinski definition) is 0. The third-order valence-electron chi connectivity index (χ3n) is 4.89. The van der Waals surface area contributed by atoms with Crippen molar-refractivity contribution in [3.63, 3.8) is 0 Å². The summed E-state index contributed by atoms with van der Waals surface area (Å²) in [6.07, 6.45) is 0. The lowest BCUT2D eigenvalue weighted by molar-refractivity contribution is -0.402. The third kappa shape index (κ3) is 5.12. The minimum absolute atomic E-state index is 0. The second-order valence-corrected chi connectivity index (χ2v) is 7.50. The zero-order valence-electron chi connectivity index (χ0n) is 18.2. The van der Waals surface area contributed by atoms with Gasteiger partial charge in [0.05, 0.1) is 20.3 Å². The quantitative estimate of drug-likeness (QED) is 0.310. The van der Waals surface area contributed by atoms with Crippen LogP contribution in [0.2, 0.25) is 0 Å². The molecule has 0 fully saturated rings. The predicted octanol–water partition coefficient (Wildman–Crippen LogP) is 4.23. The Morgan fingerprint density at radius 1 is 1.12 bits per heavy atom. The summed E-state index contributed by atoms with van der Waals surface area (Å²) in [6.45, 7) is 6.67. The number of methoxy groups -OCH3 is 2. The molecule has 0 bridgehead atoms. The second kappa shape index (κ2) is 11.1. The summed E-state index contributed by atoms with van der Waals surface area (Å²) in [6, 6.07) is 6.00. The van der Waals surface area contributed by atoms with Crippen molar-refractivity contribution in [2.45, 2.75) is 13.8 Å². The number of halogens is 1. The molecule has 10 nitrogen and oxygen atoms in total. The molecule has 32 heavy (non-hydrogen) atoms. The van der Waals surface area contributed by atoms with Gasteiger partial charge in [0.15, 0.2) is 10.9 Å². The van der Waals surface area contributed by atoms with E-state index >= 15 is 0 Å². The summed E-state index contributed by atoms with van der Waals surface area (Å²) in [5, 5.41) is 11.4. The number of fused-ring (bicyclic) bond motifs is 1. The first-order chi connectivity index (χ1) is 14.9. The van der Waals surface area contributed by atoms with Crippen LogP contribution >= 0.6 is 23.7 Å². The second-order valence-electron chi connectivity index (χ2n) is 6.52. The minimum atomic E-state index is -0.676. The smallest absolute Gasteiger partial charge is 0.433 e. The van der Waals surface area contributed by atoms with Gasteiger partial charge in [-0.05, 0) is 31.3 Å². The zero-order chi connectivity index (χ0) is 22.5. The fourth-order valence-electron chi connectivity index (χ4n) is 3.13. The van der Waals surface area contributed by atoms with Crippen molar-refractivity contribution in [2.24, 2.45) is 0 Å². The number of benzene rings is 1. The highest BCUT2D eigenvalue weighted by atomic mass is 35.5. The van der Waals surface area contributed by atoms with Crippen LogP contribution in [-0.2, 0) is 0 Å². The van der Waals surface area contributed by atoms with E-state index in [1.165, 1.54) is 28.4 Å². The van der Waals surface area contributed by atoms with E-state index in [-0.39, 0.29) is 18.2 Å². The summed E-state index contributed by atoms with van der Waals surface area (Å²) in [4.78, 5) is 31.8. The number of furan rings is 1. The molecule has 2 heterocycles. The van der Waals surface area contributed by atoms with Crippen molar-refractivity contribution in [3.8, 4) is 11.5 Å². The first-order valence-electron chi connectivity index (χ1n) is 9.73. The average Bonchev–Trinajstić information content (AvgIpc) is 3.43. The maximum absolute atomic E-state index is 13.3. The highest BCUT2D eigenvalue weighted by Gasteiger charge is 2.27. The molecule has 0 atom stereocenters. The van der Waals surface area contributed by atoms with Gasteiger partial charge in [-0.15, -0.1) is 12.4 Å². The van der Waals surface area contributed by atoms with Gasteiger partial charge in [0.1, 0.15) is 26.6 Å². The molecule has 0 aliphatic rings. The Balaban J connectivity index is 0.00000363. The molecule has 3 rings (SSSR count). The van der Waals surface area contributed by atoms with Gasteiger partial charge in [-0.25, -0.2) is 4.98 Å². The van der Waals surface area contributed by atoms with E-state index in [2.05, 4.69) is 9.88 Å². The van der Waals surface area contributed by atoms with Crippen LogP contribution in [-0.4, -0.2) is 61.1 Å². The number of rotatable bonds is 10. The number of nitro groups is 1. The van der Waals surface area contributed by atoms with Gasteiger partial charge in [-0.1, -0.05) is 25.2 Å². The number of ether oxygens (including phenoxy) is 2. The van der Waals surface area contributed by atoms with Gasteiger partial charge in [0.25, 0.3) is 5.91 Å². The molecule has 0 unspecified atom stereocenters. The molecule has 0 N–H and O–H groups in total. The van der Waals surface area contributed by atoms with Crippen LogP contribution in [0.15, 0.2) is 28.7 Å². The van der Waals surface area contributed by atoms with Crippen LogP contribution in [0, 0.1) is 10.1 Å². The van der Waals surface area contributed by atoms with Crippen molar-refractivity contribution in [3.05, 3.63) is 40.1 Å². The van der Waals surface area contributed by atoms with E-state index in [0.29, 0.717) is 35.2 Å². The fraction of sp³-hybridized carbons (Fsp3) is 0.400. The molecule has 0 aliphatic heterocycles. The Bertz CT molecular complexity index is 1040. The van der Waals surface area contributed by atoms with Crippen LogP contribution in [0.3, 0.4) is 0 Å². The number of aromatic nitrogens is 1. The van der Waals surface area contributed by atoms with Crippen molar-refractivity contribution in [1.29, 1.82) is 0 Å². The maximum atomic E-state index is 13.3. The molecular weight excluding hydrogens is 460 g/mol. The van der Waals surface area contributed by atoms with Gasteiger partial charge in [0, 0.05) is 13.1 Å². The standard InChI is InChI=1S/C20H24N4O6S.ClH/c1-5-22(6-2)11-12-23(19(25)15-9-10-16(30-15)24(26)27)20-21-17-13(28-3)7-8-14(29-4)18(17)31-20;/h7-10H,5-6,11-12H2,1-4H3;1H. The Labute approximate surface area is 195 Å². The molecular formula is C20H25ClN4O6S. The number of carbonyl (C=O) groups is 1. The van der Waals surface area contributed by atoms with E-state index in [0.717, 1.165) is 17.8 Å². The van der Waals surface area contributed by atoms with Crippen LogP contribution in [0.25, 0.3) is 10.2 Å². The van der Waals surface area contributed by atoms with Gasteiger partial charge in [0.2, 0.25) is 0 Å². The molecule has 0 radical (unpaired) electrons. The third-order valence-corrected chi connectivity index (χ3v) is 5.98. The largest absolute Gasteiger partial charge is 0.495 e. The SMILES string of the molecule is CCN(CC)CCN(C(=O)c1ccc([N+](=O)[O-])o1)c1nc2c(OC)ccc(OC)c2s1.Cl. The lowest BCUT2D eigenvalue weighted by atomic mass is 10.3. The van der Waals surface area contributed by atoms with E-state index in [9.17, 15) is 14.9 Å². The molecule has 2 aromatic heterocycles. The van der Waals surface area contributed by atoms with Crippen molar-refractivity contribution in [2.75, 3.05) is 45.3 Å². The molecule has 1 aromatic carbocycles. The summed E-state index contributed by atoms with van der Waals surface area (Å²) in [7, 11) is 3.11. The number of amides is 1. The normalized spacial score (nSPS) is 10.8. The monoisotopic (exact) mass is 484 g/mol. The fourth-order valence-corrected chi connectivity index (χ4v) is 4.23. The lowest BCUT2D eigenvalue weighted by Gasteiger charge is -2.23. The number of carbonyl (C=O) groups excluding carboxylic acids is 1. The Kier molecular flexibility index (Phi) is 8.81. The predicted molar refractivity (Wildman–Crippen MR) is 125 cm³/mol. The molecule has 1 amide bonds. The highest BCUT2D eigenvalue weighted by Crippen LogP contribution is 2.40. The average molecular weight is 485 g/mol. The number of anilines is 1. The topological polar surface area (TPSA) is 111 Å². The molecule has 0 saturated carbocycles. The molecule has 3 aromatic rings. The van der Waals surface area contributed by atoms with Crippen LogP contribution < -0.4 is 14.4 Å². The van der Waals surface area contributed by atoms with Gasteiger partial charge >= 0.3 is 5.88 Å². The summed E-state index contributed by atoms with van der Waals surface area (Å²) >= 11 is 1.28.